The summed E-state index contributed by atoms with van der Waals surface area (Å²) >= 11 is 1.20. The van der Waals surface area contributed by atoms with Crippen molar-refractivity contribution in [2.45, 2.75) is 39.8 Å². The zero-order valence-electron chi connectivity index (χ0n) is 16.2. The lowest BCUT2D eigenvalue weighted by atomic mass is 9.94. The van der Waals surface area contributed by atoms with Crippen molar-refractivity contribution < 1.29 is 14.3 Å². The first kappa shape index (κ1) is 19.8. The molecule has 0 saturated heterocycles. The van der Waals surface area contributed by atoms with E-state index in [1.165, 1.54) is 11.8 Å². The number of aliphatic imine (C=N–C) groups is 1. The van der Waals surface area contributed by atoms with E-state index in [-0.39, 0.29) is 11.9 Å². The molecule has 0 unspecified atom stereocenters. The summed E-state index contributed by atoms with van der Waals surface area (Å²) in [6.45, 7) is 7.84. The van der Waals surface area contributed by atoms with Crippen molar-refractivity contribution in [1.82, 2.24) is 4.90 Å². The molecule has 0 aliphatic carbocycles. The van der Waals surface area contributed by atoms with Crippen LogP contribution in [0.5, 0.6) is 5.75 Å². The summed E-state index contributed by atoms with van der Waals surface area (Å²) in [5, 5.41) is 9.96. The highest BCUT2D eigenvalue weighted by atomic mass is 32.2. The molecule has 0 aromatic heterocycles. The molecule has 1 aromatic carbocycles. The summed E-state index contributed by atoms with van der Waals surface area (Å²) in [7, 11) is 0. The molecule has 2 heterocycles. The van der Waals surface area contributed by atoms with Crippen molar-refractivity contribution in [3.05, 3.63) is 51.8 Å². The van der Waals surface area contributed by atoms with Gasteiger partial charge in [-0.2, -0.15) is 5.26 Å². The highest BCUT2D eigenvalue weighted by molar-refractivity contribution is 8.17. The highest BCUT2D eigenvalue weighted by Gasteiger charge is 2.42. The third-order valence-electron chi connectivity index (χ3n) is 4.25. The monoisotopic (exact) mass is 398 g/mol. The first-order chi connectivity index (χ1) is 13.4. The molecule has 0 radical (unpaired) electrons. The molecule has 0 fully saturated rings. The van der Waals surface area contributed by atoms with Crippen molar-refractivity contribution in [2.75, 3.05) is 6.61 Å². The number of nitriles is 1. The minimum absolute atomic E-state index is 0.269. The summed E-state index contributed by atoms with van der Waals surface area (Å²) in [4.78, 5) is 19.5. The predicted molar refractivity (Wildman–Crippen MR) is 108 cm³/mol. The lowest BCUT2D eigenvalue weighted by Gasteiger charge is -2.35. The van der Waals surface area contributed by atoms with Crippen LogP contribution in [0.1, 0.15) is 39.3 Å². The summed E-state index contributed by atoms with van der Waals surface area (Å²) in [5.41, 5.74) is 8.03. The third kappa shape index (κ3) is 3.58. The molecule has 28 heavy (non-hydrogen) atoms. The molecule has 8 heteroatoms. The number of nitrogens with zero attached hydrogens (tertiary/aromatic N) is 3. The maximum atomic E-state index is 12.9. The topological polar surface area (TPSA) is 101 Å². The standard InChI is InChI=1S/C20H22N4O3S/c1-5-26-14-8-6-13(7-9-14)17-16(19(25)27-11(2)3)12(4)23-20-24(17)18(22)15(10-21)28-20/h6-9,11,17H,5,22H2,1-4H3/t17-/m0/s1. The van der Waals surface area contributed by atoms with Gasteiger partial charge in [0.2, 0.25) is 0 Å². The average molecular weight is 398 g/mol. The number of fused-ring (bicyclic) bond motifs is 1. The first-order valence-corrected chi connectivity index (χ1v) is 9.79. The van der Waals surface area contributed by atoms with Crippen LogP contribution in [0.2, 0.25) is 0 Å². The number of allylic oxidation sites excluding steroid dienone is 2. The van der Waals surface area contributed by atoms with Gasteiger partial charge in [0.15, 0.2) is 5.17 Å². The second-order valence-corrected chi connectivity index (χ2v) is 7.53. The number of esters is 1. The van der Waals surface area contributed by atoms with Crippen LogP contribution in [-0.4, -0.2) is 28.7 Å². The average Bonchev–Trinajstić information content (AvgIpc) is 2.96. The van der Waals surface area contributed by atoms with Gasteiger partial charge in [0.1, 0.15) is 22.5 Å². The Morgan fingerprint density at radius 3 is 2.64 bits per heavy atom. The van der Waals surface area contributed by atoms with Gasteiger partial charge in [0.25, 0.3) is 0 Å². The van der Waals surface area contributed by atoms with Crippen LogP contribution in [0.15, 0.2) is 51.3 Å². The van der Waals surface area contributed by atoms with Crippen molar-refractivity contribution in [1.29, 1.82) is 5.26 Å². The molecule has 0 saturated carbocycles. The first-order valence-electron chi connectivity index (χ1n) is 8.97. The number of thioether (sulfide) groups is 1. The number of carbonyl (C=O) groups is 1. The molecule has 0 bridgehead atoms. The van der Waals surface area contributed by atoms with Gasteiger partial charge in [-0.05, 0) is 57.2 Å². The Balaban J connectivity index is 2.11. The molecular formula is C20H22N4O3S. The Morgan fingerprint density at radius 2 is 2.07 bits per heavy atom. The van der Waals surface area contributed by atoms with Gasteiger partial charge in [-0.3, -0.25) is 4.90 Å². The van der Waals surface area contributed by atoms with Crippen LogP contribution >= 0.6 is 11.8 Å². The van der Waals surface area contributed by atoms with Gasteiger partial charge in [-0.25, -0.2) is 9.79 Å². The number of nitrogens with two attached hydrogens (primary N) is 1. The lowest BCUT2D eigenvalue weighted by Crippen LogP contribution is -2.39. The fourth-order valence-corrected chi connectivity index (χ4v) is 4.02. The zero-order valence-corrected chi connectivity index (χ0v) is 17.0. The van der Waals surface area contributed by atoms with E-state index in [1.807, 2.05) is 31.2 Å². The van der Waals surface area contributed by atoms with Crippen LogP contribution in [0, 0.1) is 11.3 Å². The van der Waals surface area contributed by atoms with Gasteiger partial charge in [0.05, 0.1) is 30.0 Å². The Kier molecular flexibility index (Phi) is 5.66. The van der Waals surface area contributed by atoms with Crippen molar-refractivity contribution in [3.8, 4) is 11.8 Å². The summed E-state index contributed by atoms with van der Waals surface area (Å²) in [6, 6.07) is 9.03. The number of hydrogen-bond donors (Lipinski definition) is 1. The number of benzene rings is 1. The maximum absolute atomic E-state index is 12.9. The van der Waals surface area contributed by atoms with Crippen LogP contribution in [0.4, 0.5) is 0 Å². The second-order valence-electron chi connectivity index (χ2n) is 6.55. The smallest absolute Gasteiger partial charge is 0.338 e. The van der Waals surface area contributed by atoms with Crippen molar-refractivity contribution >= 4 is 22.9 Å². The van der Waals surface area contributed by atoms with Gasteiger partial charge >= 0.3 is 5.97 Å². The predicted octanol–water partition coefficient (Wildman–Crippen LogP) is 3.42. The molecule has 0 spiro atoms. The second kappa shape index (κ2) is 7.98. The number of amidine groups is 1. The molecule has 3 rings (SSSR count). The number of rotatable bonds is 5. The van der Waals surface area contributed by atoms with E-state index in [0.29, 0.717) is 27.9 Å². The lowest BCUT2D eigenvalue weighted by molar-refractivity contribution is -0.143. The molecule has 2 aliphatic rings. The largest absolute Gasteiger partial charge is 0.494 e. The summed E-state index contributed by atoms with van der Waals surface area (Å²) in [6.07, 6.45) is -0.269. The zero-order chi connectivity index (χ0) is 20.4. The molecule has 1 aromatic rings. The van der Waals surface area contributed by atoms with Gasteiger partial charge in [0, 0.05) is 0 Å². The number of ether oxygens (including phenoxy) is 2. The number of carbonyl (C=O) groups excluding carboxylic acids is 1. The summed E-state index contributed by atoms with van der Waals surface area (Å²) < 4.78 is 11.0. The fraction of sp³-hybridized carbons (Fsp3) is 0.350. The van der Waals surface area contributed by atoms with Crippen LogP contribution < -0.4 is 10.5 Å². The molecule has 1 atom stereocenters. The molecule has 146 valence electrons. The van der Waals surface area contributed by atoms with E-state index in [1.54, 1.807) is 25.7 Å². The quantitative estimate of drug-likeness (QED) is 0.758. The highest BCUT2D eigenvalue weighted by Crippen LogP contribution is 2.45. The van der Waals surface area contributed by atoms with Crippen molar-refractivity contribution in [2.24, 2.45) is 10.7 Å². The summed E-state index contributed by atoms with van der Waals surface area (Å²) in [5.74, 6) is 0.574. The molecule has 7 nitrogen and oxygen atoms in total. The van der Waals surface area contributed by atoms with E-state index in [2.05, 4.69) is 11.1 Å². The van der Waals surface area contributed by atoms with Crippen LogP contribution in [-0.2, 0) is 9.53 Å². The molecule has 2 aliphatic heterocycles. The van der Waals surface area contributed by atoms with Crippen LogP contribution in [0.25, 0.3) is 0 Å². The minimum atomic E-state index is -0.534. The SMILES string of the molecule is CCOc1ccc([C@H]2C(C(=O)OC(C)C)=C(C)N=C3SC(C#N)=C(N)N32)cc1. The minimum Gasteiger partial charge on any atom is -0.494 e. The van der Waals surface area contributed by atoms with E-state index in [4.69, 9.17) is 15.2 Å². The molecular weight excluding hydrogens is 376 g/mol. The van der Waals surface area contributed by atoms with Crippen LogP contribution in [0.3, 0.4) is 0 Å². The number of hydrogen-bond acceptors (Lipinski definition) is 8. The Bertz CT molecular complexity index is 926. The third-order valence-corrected chi connectivity index (χ3v) is 5.22. The van der Waals surface area contributed by atoms with Crippen molar-refractivity contribution in [3.63, 3.8) is 0 Å². The van der Waals surface area contributed by atoms with E-state index < -0.39 is 12.0 Å². The van der Waals surface area contributed by atoms with E-state index in [9.17, 15) is 10.1 Å². The normalized spacial score (nSPS) is 18.8. The fourth-order valence-electron chi connectivity index (χ4n) is 3.11. The Labute approximate surface area is 168 Å². The van der Waals surface area contributed by atoms with Gasteiger partial charge in [-0.15, -0.1) is 0 Å². The maximum Gasteiger partial charge on any atom is 0.338 e. The van der Waals surface area contributed by atoms with Gasteiger partial charge in [-0.1, -0.05) is 12.1 Å². The van der Waals surface area contributed by atoms with E-state index >= 15 is 0 Å². The van der Waals surface area contributed by atoms with Gasteiger partial charge < -0.3 is 15.2 Å². The molecule has 0 amide bonds. The molecule has 2 N–H and O–H groups in total. The Hall–Kier alpha value is -2.92. The Morgan fingerprint density at radius 1 is 1.39 bits per heavy atom. The van der Waals surface area contributed by atoms with E-state index in [0.717, 1.165) is 11.3 Å².